The van der Waals surface area contributed by atoms with Crippen molar-refractivity contribution in [2.24, 2.45) is 0 Å². The number of piperazine rings is 1. The van der Waals surface area contributed by atoms with E-state index < -0.39 is 0 Å². The highest BCUT2D eigenvalue weighted by Crippen LogP contribution is 2.32. The van der Waals surface area contributed by atoms with Crippen LogP contribution in [-0.4, -0.2) is 68.3 Å². The number of nitrogens with zero attached hydrogens (tertiary/aromatic N) is 5. The van der Waals surface area contributed by atoms with E-state index in [1.807, 2.05) is 64.1 Å². The van der Waals surface area contributed by atoms with Gasteiger partial charge >= 0.3 is 0 Å². The van der Waals surface area contributed by atoms with E-state index in [9.17, 15) is 9.59 Å². The number of hydrogen-bond acceptors (Lipinski definition) is 5. The van der Waals surface area contributed by atoms with Gasteiger partial charge in [-0.3, -0.25) is 14.2 Å². The molecule has 0 spiro atoms. The normalized spacial score (nSPS) is 13.9. The SMILES string of the molecule is CC(=O)N1CCN(C(=O)CCCSc2nnc(-c3ccccc3Cl)n2-c2ccccc2)CC1. The Morgan fingerprint density at radius 3 is 2.30 bits per heavy atom. The molecule has 2 amide bonds. The van der Waals surface area contributed by atoms with E-state index in [2.05, 4.69) is 10.2 Å². The summed E-state index contributed by atoms with van der Waals surface area (Å²) in [4.78, 5) is 27.7. The van der Waals surface area contributed by atoms with Crippen LogP contribution in [0.5, 0.6) is 0 Å². The van der Waals surface area contributed by atoms with E-state index in [0.29, 0.717) is 43.4 Å². The predicted molar refractivity (Wildman–Crippen MR) is 131 cm³/mol. The number of benzene rings is 2. The van der Waals surface area contributed by atoms with E-state index in [0.717, 1.165) is 28.6 Å². The number of rotatable bonds is 7. The number of halogens is 1. The van der Waals surface area contributed by atoms with E-state index in [-0.39, 0.29) is 11.8 Å². The van der Waals surface area contributed by atoms with Crippen molar-refractivity contribution in [2.75, 3.05) is 31.9 Å². The van der Waals surface area contributed by atoms with Crippen molar-refractivity contribution in [2.45, 2.75) is 24.9 Å². The van der Waals surface area contributed by atoms with Crippen LogP contribution < -0.4 is 0 Å². The fraction of sp³-hybridized carbons (Fsp3) is 0.333. The third-order valence-electron chi connectivity index (χ3n) is 5.61. The molecule has 33 heavy (non-hydrogen) atoms. The van der Waals surface area contributed by atoms with Crippen LogP contribution in [-0.2, 0) is 9.59 Å². The van der Waals surface area contributed by atoms with Gasteiger partial charge in [-0.15, -0.1) is 10.2 Å². The fourth-order valence-electron chi connectivity index (χ4n) is 3.81. The Kier molecular flexibility index (Phi) is 7.67. The molecule has 1 fully saturated rings. The second-order valence-corrected chi connectivity index (χ2v) is 9.27. The number of aromatic nitrogens is 3. The first-order valence-corrected chi connectivity index (χ1v) is 12.3. The van der Waals surface area contributed by atoms with Gasteiger partial charge < -0.3 is 9.80 Å². The van der Waals surface area contributed by atoms with Crippen molar-refractivity contribution in [1.82, 2.24) is 24.6 Å². The lowest BCUT2D eigenvalue weighted by Crippen LogP contribution is -2.50. The fourth-order valence-corrected chi connectivity index (χ4v) is 4.92. The number of para-hydroxylation sites is 1. The molecule has 0 bridgehead atoms. The van der Waals surface area contributed by atoms with Crippen molar-refractivity contribution >= 4 is 35.2 Å². The van der Waals surface area contributed by atoms with Crippen LogP contribution >= 0.6 is 23.4 Å². The Hall–Kier alpha value is -2.84. The Bertz CT molecular complexity index is 1110. The molecule has 0 N–H and O–H groups in total. The van der Waals surface area contributed by atoms with Gasteiger partial charge in [-0.25, -0.2) is 0 Å². The maximum Gasteiger partial charge on any atom is 0.222 e. The lowest BCUT2D eigenvalue weighted by Gasteiger charge is -2.34. The van der Waals surface area contributed by atoms with E-state index in [4.69, 9.17) is 11.6 Å². The molecule has 2 aromatic carbocycles. The summed E-state index contributed by atoms with van der Waals surface area (Å²) in [6.07, 6.45) is 1.21. The monoisotopic (exact) mass is 483 g/mol. The molecule has 1 saturated heterocycles. The molecule has 0 aliphatic carbocycles. The smallest absolute Gasteiger partial charge is 0.222 e. The Balaban J connectivity index is 1.40. The van der Waals surface area contributed by atoms with Gasteiger partial charge in [0.2, 0.25) is 11.8 Å². The molecular formula is C24H26ClN5O2S. The van der Waals surface area contributed by atoms with Crippen LogP contribution in [0.25, 0.3) is 17.1 Å². The first-order valence-electron chi connectivity index (χ1n) is 11.0. The van der Waals surface area contributed by atoms with E-state index in [1.165, 1.54) is 0 Å². The minimum Gasteiger partial charge on any atom is -0.339 e. The highest BCUT2D eigenvalue weighted by atomic mass is 35.5. The summed E-state index contributed by atoms with van der Waals surface area (Å²) in [6.45, 7) is 4.01. The molecule has 0 atom stereocenters. The maximum atomic E-state index is 12.6. The molecule has 172 valence electrons. The first kappa shape index (κ1) is 23.3. The number of carbonyl (C=O) groups is 2. The minimum atomic E-state index is 0.0668. The first-order chi connectivity index (χ1) is 16.0. The molecule has 1 aromatic heterocycles. The summed E-state index contributed by atoms with van der Waals surface area (Å²) in [5.41, 5.74) is 1.78. The van der Waals surface area contributed by atoms with Crippen molar-refractivity contribution in [3.8, 4) is 17.1 Å². The second kappa shape index (κ2) is 10.9. The van der Waals surface area contributed by atoms with Gasteiger partial charge in [-0.05, 0) is 30.7 Å². The highest BCUT2D eigenvalue weighted by Gasteiger charge is 2.22. The average Bonchev–Trinajstić information content (AvgIpc) is 3.26. The van der Waals surface area contributed by atoms with Gasteiger partial charge in [0.25, 0.3) is 0 Å². The molecule has 1 aliphatic rings. The Morgan fingerprint density at radius 2 is 1.61 bits per heavy atom. The molecule has 3 aromatic rings. The molecule has 7 nitrogen and oxygen atoms in total. The Morgan fingerprint density at radius 1 is 0.939 bits per heavy atom. The molecule has 0 unspecified atom stereocenters. The topological polar surface area (TPSA) is 71.3 Å². The summed E-state index contributed by atoms with van der Waals surface area (Å²) < 4.78 is 2.01. The van der Waals surface area contributed by atoms with Crippen LogP contribution in [0.4, 0.5) is 0 Å². The van der Waals surface area contributed by atoms with Gasteiger partial charge in [0.05, 0.1) is 5.02 Å². The zero-order valence-corrected chi connectivity index (χ0v) is 20.1. The molecule has 0 saturated carbocycles. The lowest BCUT2D eigenvalue weighted by atomic mass is 10.2. The zero-order chi connectivity index (χ0) is 23.2. The number of amides is 2. The standard InChI is InChI=1S/C24H26ClN5O2S/c1-18(31)28-13-15-29(16-14-28)22(32)12-7-17-33-24-27-26-23(20-10-5-6-11-21(20)25)30(24)19-8-3-2-4-9-19/h2-6,8-11H,7,12-17H2,1H3. The second-order valence-electron chi connectivity index (χ2n) is 7.80. The molecule has 2 heterocycles. The van der Waals surface area contributed by atoms with E-state index >= 15 is 0 Å². The molecule has 4 rings (SSSR count). The minimum absolute atomic E-state index is 0.0668. The van der Waals surface area contributed by atoms with Crippen molar-refractivity contribution in [1.29, 1.82) is 0 Å². The van der Waals surface area contributed by atoms with Crippen LogP contribution in [0.3, 0.4) is 0 Å². The van der Waals surface area contributed by atoms with Crippen LogP contribution in [0, 0.1) is 0 Å². The number of thioether (sulfide) groups is 1. The zero-order valence-electron chi connectivity index (χ0n) is 18.5. The van der Waals surface area contributed by atoms with Crippen molar-refractivity contribution in [3.63, 3.8) is 0 Å². The predicted octanol–water partition coefficient (Wildman–Crippen LogP) is 4.15. The quantitative estimate of drug-likeness (QED) is 0.373. The summed E-state index contributed by atoms with van der Waals surface area (Å²) in [6, 6.07) is 17.5. The number of hydrogen-bond donors (Lipinski definition) is 0. The average molecular weight is 484 g/mol. The van der Waals surface area contributed by atoms with Gasteiger partial charge in [0.1, 0.15) is 0 Å². The summed E-state index contributed by atoms with van der Waals surface area (Å²) >= 11 is 8.02. The lowest BCUT2D eigenvalue weighted by molar-refractivity contribution is -0.138. The number of carbonyl (C=O) groups excluding carboxylic acids is 2. The summed E-state index contributed by atoms with van der Waals surface area (Å²) in [7, 11) is 0. The van der Waals surface area contributed by atoms with Crippen LogP contribution in [0.2, 0.25) is 5.02 Å². The molecule has 1 aliphatic heterocycles. The molecular weight excluding hydrogens is 458 g/mol. The largest absolute Gasteiger partial charge is 0.339 e. The third-order valence-corrected chi connectivity index (χ3v) is 6.95. The van der Waals surface area contributed by atoms with Crippen molar-refractivity contribution in [3.05, 3.63) is 59.6 Å². The highest BCUT2D eigenvalue weighted by molar-refractivity contribution is 7.99. The van der Waals surface area contributed by atoms with Crippen LogP contribution in [0.1, 0.15) is 19.8 Å². The molecule has 9 heteroatoms. The van der Waals surface area contributed by atoms with Gasteiger partial charge in [0.15, 0.2) is 11.0 Å². The molecule has 0 radical (unpaired) electrons. The van der Waals surface area contributed by atoms with Crippen molar-refractivity contribution < 1.29 is 9.59 Å². The van der Waals surface area contributed by atoms with Gasteiger partial charge in [0, 0.05) is 56.5 Å². The van der Waals surface area contributed by atoms with Crippen LogP contribution in [0.15, 0.2) is 59.8 Å². The van der Waals surface area contributed by atoms with Gasteiger partial charge in [-0.1, -0.05) is 53.7 Å². The Labute approximate surface area is 202 Å². The summed E-state index contributed by atoms with van der Waals surface area (Å²) in [5, 5.41) is 10.2. The van der Waals surface area contributed by atoms with E-state index in [1.54, 1.807) is 23.6 Å². The maximum absolute atomic E-state index is 12.6. The van der Waals surface area contributed by atoms with Gasteiger partial charge in [-0.2, -0.15) is 0 Å². The third kappa shape index (κ3) is 5.57. The summed E-state index contributed by atoms with van der Waals surface area (Å²) in [5.74, 6) is 1.64.